The van der Waals surface area contributed by atoms with Crippen molar-refractivity contribution >= 4 is 21.8 Å². The lowest BCUT2D eigenvalue weighted by molar-refractivity contribution is -0.134. The number of nitrogens with zero attached hydrogens (tertiary/aromatic N) is 1. The number of carbonyl (C=O) groups excluding carboxylic acids is 2. The molecule has 0 spiro atoms. The topological polar surface area (TPSA) is 71.5 Å². The SMILES string of the molecule is Cc1ccc(S(=O)(=O)N2C(=O)C3C4CCC(C4)C3C2=O)cc1. The van der Waals surface area contributed by atoms with Crippen LogP contribution in [0.4, 0.5) is 0 Å². The van der Waals surface area contributed by atoms with E-state index in [-0.39, 0.29) is 16.7 Å². The van der Waals surface area contributed by atoms with Crippen LogP contribution in [0.3, 0.4) is 0 Å². The van der Waals surface area contributed by atoms with E-state index < -0.39 is 33.7 Å². The average Bonchev–Trinajstić information content (AvgIpc) is 3.13. The third kappa shape index (κ3) is 1.67. The number of fused-ring (bicyclic) bond motifs is 5. The van der Waals surface area contributed by atoms with Crippen LogP contribution in [-0.4, -0.2) is 24.5 Å². The summed E-state index contributed by atoms with van der Waals surface area (Å²) in [6, 6.07) is 6.24. The van der Waals surface area contributed by atoms with Crippen LogP contribution in [0.15, 0.2) is 29.2 Å². The van der Waals surface area contributed by atoms with Gasteiger partial charge in [0.2, 0.25) is 11.8 Å². The van der Waals surface area contributed by atoms with Gasteiger partial charge in [0.15, 0.2) is 0 Å². The number of carbonyl (C=O) groups is 2. The van der Waals surface area contributed by atoms with E-state index in [1.54, 1.807) is 12.1 Å². The Balaban J connectivity index is 1.75. The fourth-order valence-corrected chi connectivity index (χ4v) is 5.84. The van der Waals surface area contributed by atoms with Crippen molar-refractivity contribution in [2.75, 3.05) is 0 Å². The summed E-state index contributed by atoms with van der Waals surface area (Å²) in [6.07, 6.45) is 2.76. The molecule has 4 unspecified atom stereocenters. The quantitative estimate of drug-likeness (QED) is 0.778. The van der Waals surface area contributed by atoms with Crippen molar-refractivity contribution in [2.45, 2.75) is 31.1 Å². The van der Waals surface area contributed by atoms with E-state index in [9.17, 15) is 18.0 Å². The van der Waals surface area contributed by atoms with E-state index in [4.69, 9.17) is 0 Å². The van der Waals surface area contributed by atoms with Crippen LogP contribution < -0.4 is 0 Å². The molecule has 1 aromatic rings. The Morgan fingerprint density at radius 2 is 1.45 bits per heavy atom. The Morgan fingerprint density at radius 1 is 0.955 bits per heavy atom. The molecule has 0 aromatic heterocycles. The number of imide groups is 1. The Labute approximate surface area is 129 Å². The largest absolute Gasteiger partial charge is 0.273 e. The molecule has 1 heterocycles. The Kier molecular flexibility index (Phi) is 2.79. The zero-order chi connectivity index (χ0) is 15.6. The summed E-state index contributed by atoms with van der Waals surface area (Å²) < 4.78 is 26.0. The minimum Gasteiger partial charge on any atom is -0.273 e. The molecule has 1 saturated heterocycles. The van der Waals surface area contributed by atoms with E-state index in [1.807, 2.05) is 6.92 Å². The first kappa shape index (κ1) is 13.9. The Morgan fingerprint density at radius 3 is 1.95 bits per heavy atom. The normalized spacial score (nSPS) is 33.6. The first-order chi connectivity index (χ1) is 10.4. The molecule has 0 N–H and O–H groups in total. The second-order valence-corrected chi connectivity index (χ2v) is 8.43. The number of sulfonamides is 1. The molecule has 2 saturated carbocycles. The molecule has 2 bridgehead atoms. The standard InChI is InChI=1S/C16H17NO4S/c1-9-2-6-12(7-3-9)22(20,21)17-15(18)13-10-4-5-11(8-10)14(13)16(17)19/h2-3,6-7,10-11,13-14H,4-5,8H2,1H3. The fraction of sp³-hybridized carbons (Fsp3) is 0.500. The van der Waals surface area contributed by atoms with Gasteiger partial charge in [-0.05, 0) is 50.2 Å². The predicted octanol–water partition coefficient (Wildman–Crippen LogP) is 1.71. The van der Waals surface area contributed by atoms with Gasteiger partial charge < -0.3 is 0 Å². The monoisotopic (exact) mass is 319 g/mol. The molecule has 3 fully saturated rings. The van der Waals surface area contributed by atoms with Gasteiger partial charge in [-0.2, -0.15) is 4.31 Å². The smallest absolute Gasteiger partial charge is 0.273 e. The molecule has 1 aromatic carbocycles. The van der Waals surface area contributed by atoms with Gasteiger partial charge in [-0.1, -0.05) is 17.7 Å². The summed E-state index contributed by atoms with van der Waals surface area (Å²) in [4.78, 5) is 25.2. The van der Waals surface area contributed by atoms with E-state index in [0.29, 0.717) is 4.31 Å². The highest BCUT2D eigenvalue weighted by Crippen LogP contribution is 2.56. The third-order valence-electron chi connectivity index (χ3n) is 5.45. The molecule has 5 nitrogen and oxygen atoms in total. The molecular formula is C16H17NO4S. The summed E-state index contributed by atoms with van der Waals surface area (Å²) in [5, 5.41) is 0. The highest BCUT2D eigenvalue weighted by atomic mass is 32.2. The van der Waals surface area contributed by atoms with Crippen molar-refractivity contribution in [3.05, 3.63) is 29.8 Å². The highest BCUT2D eigenvalue weighted by Gasteiger charge is 2.63. The van der Waals surface area contributed by atoms with Crippen LogP contribution in [0.1, 0.15) is 24.8 Å². The number of aryl methyl sites for hydroxylation is 1. The van der Waals surface area contributed by atoms with Crippen molar-refractivity contribution in [3.8, 4) is 0 Å². The molecule has 4 atom stereocenters. The Hall–Kier alpha value is -1.69. The molecular weight excluding hydrogens is 302 g/mol. The molecule has 2 amide bonds. The van der Waals surface area contributed by atoms with Crippen LogP contribution >= 0.6 is 0 Å². The average molecular weight is 319 g/mol. The van der Waals surface area contributed by atoms with Gasteiger partial charge >= 0.3 is 0 Å². The van der Waals surface area contributed by atoms with Crippen molar-refractivity contribution in [3.63, 3.8) is 0 Å². The molecule has 3 aliphatic rings. The maximum atomic E-state index is 12.7. The highest BCUT2D eigenvalue weighted by molar-refractivity contribution is 7.90. The lowest BCUT2D eigenvalue weighted by Gasteiger charge is -2.19. The molecule has 22 heavy (non-hydrogen) atoms. The maximum Gasteiger partial charge on any atom is 0.273 e. The van der Waals surface area contributed by atoms with E-state index in [1.165, 1.54) is 12.1 Å². The summed E-state index contributed by atoms with van der Waals surface area (Å²) in [7, 11) is -4.08. The van der Waals surface area contributed by atoms with Gasteiger partial charge in [0, 0.05) is 0 Å². The maximum absolute atomic E-state index is 12.7. The van der Waals surface area contributed by atoms with Crippen molar-refractivity contribution in [1.82, 2.24) is 4.31 Å². The summed E-state index contributed by atoms with van der Waals surface area (Å²) in [5.74, 6) is -1.47. The number of rotatable bonds is 2. The molecule has 1 aliphatic heterocycles. The van der Waals surface area contributed by atoms with Crippen LogP contribution in [0.5, 0.6) is 0 Å². The van der Waals surface area contributed by atoms with Gasteiger partial charge in [0.25, 0.3) is 10.0 Å². The van der Waals surface area contributed by atoms with Gasteiger partial charge in [-0.25, -0.2) is 8.42 Å². The van der Waals surface area contributed by atoms with E-state index >= 15 is 0 Å². The zero-order valence-electron chi connectivity index (χ0n) is 12.2. The van der Waals surface area contributed by atoms with Gasteiger partial charge in [0.05, 0.1) is 16.7 Å². The lowest BCUT2D eigenvalue weighted by atomic mass is 9.81. The second-order valence-electron chi connectivity index (χ2n) is 6.64. The van der Waals surface area contributed by atoms with E-state index in [2.05, 4.69) is 0 Å². The molecule has 2 aliphatic carbocycles. The number of hydrogen-bond donors (Lipinski definition) is 0. The number of hydrogen-bond acceptors (Lipinski definition) is 4. The molecule has 116 valence electrons. The van der Waals surface area contributed by atoms with Crippen molar-refractivity contribution < 1.29 is 18.0 Å². The second kappa shape index (κ2) is 4.41. The predicted molar refractivity (Wildman–Crippen MR) is 78.0 cm³/mol. The minimum atomic E-state index is -4.08. The summed E-state index contributed by atoms with van der Waals surface area (Å²) >= 11 is 0. The molecule has 0 radical (unpaired) electrons. The molecule has 4 rings (SSSR count). The van der Waals surface area contributed by atoms with Crippen molar-refractivity contribution in [1.29, 1.82) is 0 Å². The first-order valence-corrected chi connectivity index (χ1v) is 9.05. The van der Waals surface area contributed by atoms with E-state index in [0.717, 1.165) is 24.8 Å². The third-order valence-corrected chi connectivity index (χ3v) is 7.15. The summed E-state index contributed by atoms with van der Waals surface area (Å²) in [6.45, 7) is 1.85. The van der Waals surface area contributed by atoms with Gasteiger partial charge in [0.1, 0.15) is 0 Å². The van der Waals surface area contributed by atoms with Crippen LogP contribution in [0.2, 0.25) is 0 Å². The fourth-order valence-electron chi connectivity index (χ4n) is 4.43. The summed E-state index contributed by atoms with van der Waals surface area (Å²) in [5.41, 5.74) is 0.924. The molecule has 6 heteroatoms. The van der Waals surface area contributed by atoms with Gasteiger partial charge in [-0.15, -0.1) is 0 Å². The zero-order valence-corrected chi connectivity index (χ0v) is 13.0. The van der Waals surface area contributed by atoms with Crippen molar-refractivity contribution in [2.24, 2.45) is 23.7 Å². The van der Waals surface area contributed by atoms with Gasteiger partial charge in [-0.3, -0.25) is 9.59 Å². The number of amides is 2. The first-order valence-electron chi connectivity index (χ1n) is 7.61. The number of benzene rings is 1. The Bertz CT molecular complexity index is 740. The minimum absolute atomic E-state index is 0.00659. The van der Waals surface area contributed by atoms with Crippen LogP contribution in [0, 0.1) is 30.6 Å². The van der Waals surface area contributed by atoms with Crippen LogP contribution in [0.25, 0.3) is 0 Å². The van der Waals surface area contributed by atoms with Crippen LogP contribution in [-0.2, 0) is 19.6 Å². The lowest BCUT2D eigenvalue weighted by Crippen LogP contribution is -2.38.